The van der Waals surface area contributed by atoms with Crippen LogP contribution in [0.2, 0.25) is 0 Å². The number of ether oxygens (including phenoxy) is 1. The van der Waals surface area contributed by atoms with E-state index in [9.17, 15) is 15.0 Å². The maximum absolute atomic E-state index is 11.9. The second-order valence-corrected chi connectivity index (χ2v) is 4.12. The molecule has 0 spiro atoms. The van der Waals surface area contributed by atoms with Gasteiger partial charge in [-0.1, -0.05) is 12.1 Å². The van der Waals surface area contributed by atoms with Crippen LogP contribution in [0, 0.1) is 5.41 Å². The molecule has 1 heterocycles. The zero-order valence-electron chi connectivity index (χ0n) is 10.4. The monoisotopic (exact) mass is 265 g/mol. The fourth-order valence-electron chi connectivity index (χ4n) is 1.90. The van der Waals surface area contributed by atoms with Gasteiger partial charge in [0, 0.05) is 7.05 Å². The van der Waals surface area contributed by atoms with Crippen LogP contribution >= 0.6 is 0 Å². The lowest BCUT2D eigenvalue weighted by atomic mass is 10.0. The van der Waals surface area contributed by atoms with Crippen molar-refractivity contribution in [3.8, 4) is 5.75 Å². The first kappa shape index (κ1) is 13.3. The van der Waals surface area contributed by atoms with Gasteiger partial charge in [0.05, 0.1) is 18.9 Å². The van der Waals surface area contributed by atoms with E-state index in [2.05, 4.69) is 5.32 Å². The number of nitrogens with one attached hydrogen (secondary N) is 2. The number of fused-ring (bicyclic) bond motifs is 1. The van der Waals surface area contributed by atoms with E-state index in [1.807, 2.05) is 0 Å². The highest BCUT2D eigenvalue weighted by atomic mass is 16.5. The molecule has 0 bridgehead atoms. The van der Waals surface area contributed by atoms with Gasteiger partial charge < -0.3 is 20.3 Å². The van der Waals surface area contributed by atoms with Crippen molar-refractivity contribution in [3.63, 3.8) is 0 Å². The summed E-state index contributed by atoms with van der Waals surface area (Å²) in [7, 11) is 1.44. The smallest absolute Gasteiger partial charge is 0.327 e. The number of para-hydroxylation sites is 2. The molecule has 0 radical (unpaired) electrons. The van der Waals surface area contributed by atoms with Crippen molar-refractivity contribution < 1.29 is 19.7 Å². The van der Waals surface area contributed by atoms with Crippen LogP contribution in [0.5, 0.6) is 5.75 Å². The van der Waals surface area contributed by atoms with E-state index in [0.717, 1.165) is 4.90 Å². The van der Waals surface area contributed by atoms with E-state index in [0.29, 0.717) is 11.4 Å². The predicted molar refractivity (Wildman–Crippen MR) is 68.6 cm³/mol. The fraction of sp³-hybridized carbons (Fsp3) is 0.333. The Labute approximate surface area is 109 Å². The maximum atomic E-state index is 11.9. The molecule has 0 fully saturated rings. The van der Waals surface area contributed by atoms with Gasteiger partial charge in [0.25, 0.3) is 0 Å². The second kappa shape index (κ2) is 4.87. The first-order valence-electron chi connectivity index (χ1n) is 5.70. The summed E-state index contributed by atoms with van der Waals surface area (Å²) in [6, 6.07) is 6.10. The Kier molecular flexibility index (Phi) is 3.41. The Hall–Kier alpha value is -2.12. The van der Waals surface area contributed by atoms with Crippen molar-refractivity contribution >= 4 is 17.6 Å². The van der Waals surface area contributed by atoms with E-state index >= 15 is 0 Å². The average Bonchev–Trinajstić information content (AvgIpc) is 2.46. The summed E-state index contributed by atoms with van der Waals surface area (Å²) in [5, 5.41) is 29.3. The predicted octanol–water partition coefficient (Wildman–Crippen LogP) is -0.0745. The molecule has 0 unspecified atom stereocenters. The van der Waals surface area contributed by atoms with Crippen LogP contribution in [0.25, 0.3) is 0 Å². The average molecular weight is 265 g/mol. The zero-order valence-corrected chi connectivity index (χ0v) is 10.4. The highest BCUT2D eigenvalue weighted by molar-refractivity contribution is 6.20. The van der Waals surface area contributed by atoms with E-state index in [-0.39, 0.29) is 5.84 Å². The summed E-state index contributed by atoms with van der Waals surface area (Å²) >= 11 is 0. The number of carbonyl (C=O) groups excluding carboxylic acids is 1. The van der Waals surface area contributed by atoms with E-state index < -0.39 is 24.8 Å². The van der Waals surface area contributed by atoms with Crippen LogP contribution < -0.4 is 15.0 Å². The van der Waals surface area contributed by atoms with Gasteiger partial charge in [-0.25, -0.2) is 9.69 Å². The molecule has 2 amide bonds. The van der Waals surface area contributed by atoms with Crippen molar-refractivity contribution in [1.82, 2.24) is 5.32 Å². The van der Waals surface area contributed by atoms with E-state index in [1.165, 1.54) is 7.05 Å². The number of hydrogen-bond donors (Lipinski definition) is 4. The number of amides is 2. The molecule has 1 aromatic carbocycles. The normalized spacial score (nSPS) is 16.6. The minimum absolute atomic E-state index is 0.310. The standard InChI is InChI=1S/C12H15N3O4/c1-14-11(18)15-8-4-2-3-5-9(8)19-12(6-16,7-17)10(15)13/h2-5,13,16-17H,6-7H2,1H3,(H,14,18). The third-order valence-corrected chi connectivity index (χ3v) is 2.99. The number of aliphatic hydroxyl groups is 2. The first-order chi connectivity index (χ1) is 9.09. The number of carbonyl (C=O) groups is 1. The maximum Gasteiger partial charge on any atom is 0.327 e. The number of nitrogens with zero attached hydrogens (tertiary/aromatic N) is 1. The van der Waals surface area contributed by atoms with Gasteiger partial charge in [0.2, 0.25) is 5.60 Å². The lowest BCUT2D eigenvalue weighted by Crippen LogP contribution is -2.62. The van der Waals surface area contributed by atoms with Crippen LogP contribution in [0.15, 0.2) is 24.3 Å². The number of aliphatic hydroxyl groups excluding tert-OH is 2. The molecule has 1 aliphatic rings. The fourth-order valence-corrected chi connectivity index (χ4v) is 1.90. The molecule has 1 aliphatic heterocycles. The lowest BCUT2D eigenvalue weighted by Gasteiger charge is -2.41. The summed E-state index contributed by atoms with van der Waals surface area (Å²) < 4.78 is 5.51. The molecular weight excluding hydrogens is 250 g/mol. The molecule has 4 N–H and O–H groups in total. The highest BCUT2D eigenvalue weighted by Gasteiger charge is 2.46. The minimum atomic E-state index is -1.62. The SMILES string of the molecule is CNC(=O)N1C(=N)C(CO)(CO)Oc2ccccc21. The number of amidine groups is 1. The van der Waals surface area contributed by atoms with Gasteiger partial charge in [-0.2, -0.15) is 0 Å². The number of urea groups is 1. The first-order valence-corrected chi connectivity index (χ1v) is 5.70. The molecule has 102 valence electrons. The topological polar surface area (TPSA) is 106 Å². The molecule has 19 heavy (non-hydrogen) atoms. The Bertz CT molecular complexity index is 513. The van der Waals surface area contributed by atoms with E-state index in [1.54, 1.807) is 24.3 Å². The molecule has 7 nitrogen and oxygen atoms in total. The van der Waals surface area contributed by atoms with Crippen LogP contribution in [-0.4, -0.2) is 47.9 Å². The van der Waals surface area contributed by atoms with Gasteiger partial charge >= 0.3 is 6.03 Å². The van der Waals surface area contributed by atoms with Crippen LogP contribution in [0.1, 0.15) is 0 Å². The summed E-state index contributed by atoms with van der Waals surface area (Å²) in [6.07, 6.45) is 0. The molecule has 0 aromatic heterocycles. The molecule has 0 aliphatic carbocycles. The van der Waals surface area contributed by atoms with Crippen molar-refractivity contribution in [1.29, 1.82) is 5.41 Å². The summed E-state index contributed by atoms with van der Waals surface area (Å²) in [6.45, 7) is -1.21. The van der Waals surface area contributed by atoms with Crippen LogP contribution in [-0.2, 0) is 0 Å². The Morgan fingerprint density at radius 3 is 2.63 bits per heavy atom. The number of rotatable bonds is 2. The second-order valence-electron chi connectivity index (χ2n) is 4.12. The quantitative estimate of drug-likeness (QED) is 0.600. The zero-order chi connectivity index (χ0) is 14.0. The van der Waals surface area contributed by atoms with Gasteiger partial charge in [0.15, 0.2) is 5.84 Å². The molecule has 1 aromatic rings. The Balaban J connectivity index is 2.58. The van der Waals surface area contributed by atoms with Crippen molar-refractivity contribution in [2.24, 2.45) is 0 Å². The summed E-state index contributed by atoms with van der Waals surface area (Å²) in [4.78, 5) is 13.0. The largest absolute Gasteiger partial charge is 0.472 e. The Morgan fingerprint density at radius 2 is 2.05 bits per heavy atom. The van der Waals surface area contributed by atoms with Crippen molar-refractivity contribution in [2.45, 2.75) is 5.60 Å². The summed E-state index contributed by atoms with van der Waals surface area (Å²) in [5.41, 5.74) is -1.23. The van der Waals surface area contributed by atoms with Crippen molar-refractivity contribution in [3.05, 3.63) is 24.3 Å². The third-order valence-electron chi connectivity index (χ3n) is 2.99. The molecule has 7 heteroatoms. The molecule has 0 saturated carbocycles. The van der Waals surface area contributed by atoms with Gasteiger partial charge in [0.1, 0.15) is 5.75 Å². The number of anilines is 1. The van der Waals surface area contributed by atoms with Crippen molar-refractivity contribution in [2.75, 3.05) is 25.2 Å². The molecule has 2 rings (SSSR count). The Morgan fingerprint density at radius 1 is 1.42 bits per heavy atom. The molecule has 0 atom stereocenters. The third kappa shape index (κ3) is 1.92. The molecular formula is C12H15N3O4. The number of benzene rings is 1. The van der Waals surface area contributed by atoms with Gasteiger partial charge in [-0.3, -0.25) is 5.41 Å². The summed E-state index contributed by atoms with van der Waals surface area (Å²) in [5.74, 6) is 0.0146. The lowest BCUT2D eigenvalue weighted by molar-refractivity contribution is 0.0140. The molecule has 0 saturated heterocycles. The van der Waals surface area contributed by atoms with Crippen LogP contribution in [0.3, 0.4) is 0 Å². The highest BCUT2D eigenvalue weighted by Crippen LogP contribution is 2.37. The van der Waals surface area contributed by atoms with Crippen LogP contribution in [0.4, 0.5) is 10.5 Å². The van der Waals surface area contributed by atoms with Gasteiger partial charge in [-0.05, 0) is 12.1 Å². The number of hydrogen-bond acceptors (Lipinski definition) is 5. The minimum Gasteiger partial charge on any atom is -0.472 e. The van der Waals surface area contributed by atoms with E-state index in [4.69, 9.17) is 10.1 Å². The van der Waals surface area contributed by atoms with Gasteiger partial charge in [-0.15, -0.1) is 0 Å².